The van der Waals surface area contributed by atoms with Crippen molar-refractivity contribution in [1.82, 2.24) is 0 Å². The zero-order valence-electron chi connectivity index (χ0n) is 11.5. The zero-order chi connectivity index (χ0) is 13.4. The van der Waals surface area contributed by atoms with Crippen LogP contribution in [-0.2, 0) is 16.8 Å². The Morgan fingerprint density at radius 3 is 2.83 bits per heavy atom. The molecule has 1 unspecified atom stereocenters. The molecule has 3 N–H and O–H groups in total. The molecule has 0 bridgehead atoms. The predicted octanol–water partition coefficient (Wildman–Crippen LogP) is 2.61. The van der Waals surface area contributed by atoms with Crippen LogP contribution in [0.1, 0.15) is 44.2 Å². The first-order valence-corrected chi connectivity index (χ1v) is 6.53. The molecular weight excluding hydrogens is 226 g/mol. The van der Waals surface area contributed by atoms with Gasteiger partial charge in [-0.1, -0.05) is 6.07 Å². The molecule has 0 amide bonds. The number of anilines is 1. The summed E-state index contributed by atoms with van der Waals surface area (Å²) in [4.78, 5) is 0. The third kappa shape index (κ3) is 2.52. The number of benzene rings is 1. The van der Waals surface area contributed by atoms with E-state index in [2.05, 4.69) is 13.8 Å². The van der Waals surface area contributed by atoms with E-state index in [4.69, 9.17) is 10.5 Å². The van der Waals surface area contributed by atoms with Crippen LogP contribution in [0.3, 0.4) is 0 Å². The number of hydrogen-bond acceptors (Lipinski definition) is 3. The van der Waals surface area contributed by atoms with E-state index in [1.54, 1.807) is 7.11 Å². The summed E-state index contributed by atoms with van der Waals surface area (Å²) in [5, 5.41) is 10.8. The fraction of sp³-hybridized carbons (Fsp3) is 0.600. The molecule has 3 heteroatoms. The lowest BCUT2D eigenvalue weighted by Gasteiger charge is -2.30. The van der Waals surface area contributed by atoms with Gasteiger partial charge in [-0.05, 0) is 62.8 Å². The first-order chi connectivity index (χ1) is 8.36. The number of fused-ring (bicyclic) bond motifs is 1. The minimum absolute atomic E-state index is 0.188. The summed E-state index contributed by atoms with van der Waals surface area (Å²) in [5.41, 5.74) is 7.89. The van der Waals surface area contributed by atoms with Crippen LogP contribution in [0.15, 0.2) is 18.2 Å². The Morgan fingerprint density at radius 1 is 1.44 bits per heavy atom. The van der Waals surface area contributed by atoms with Crippen molar-refractivity contribution in [1.29, 1.82) is 0 Å². The lowest BCUT2D eigenvalue weighted by molar-refractivity contribution is -0.0280. The number of rotatable bonds is 4. The van der Waals surface area contributed by atoms with Gasteiger partial charge in [-0.3, -0.25) is 0 Å². The number of ether oxygens (including phenoxy) is 1. The van der Waals surface area contributed by atoms with E-state index < -0.39 is 5.60 Å². The smallest absolute Gasteiger partial charge is 0.0903 e. The van der Waals surface area contributed by atoms with Gasteiger partial charge < -0.3 is 15.6 Å². The van der Waals surface area contributed by atoms with Crippen molar-refractivity contribution in [3.63, 3.8) is 0 Å². The second-order valence-corrected chi connectivity index (χ2v) is 5.91. The molecule has 0 spiro atoms. The lowest BCUT2D eigenvalue weighted by Crippen LogP contribution is -2.29. The van der Waals surface area contributed by atoms with Crippen molar-refractivity contribution in [3.05, 3.63) is 29.3 Å². The molecule has 100 valence electrons. The summed E-state index contributed by atoms with van der Waals surface area (Å²) in [6.07, 6.45) is 3.25. The molecule has 1 aromatic rings. The Labute approximate surface area is 109 Å². The van der Waals surface area contributed by atoms with Gasteiger partial charge in [0.05, 0.1) is 11.2 Å². The van der Waals surface area contributed by atoms with Crippen LogP contribution in [-0.4, -0.2) is 17.8 Å². The van der Waals surface area contributed by atoms with Crippen LogP contribution in [0.4, 0.5) is 5.69 Å². The first-order valence-electron chi connectivity index (χ1n) is 6.53. The molecule has 0 saturated heterocycles. The molecule has 1 aliphatic rings. The van der Waals surface area contributed by atoms with E-state index in [1.807, 2.05) is 18.2 Å². The molecule has 18 heavy (non-hydrogen) atoms. The molecule has 1 aromatic carbocycles. The number of nitrogens with two attached hydrogens (primary N) is 1. The van der Waals surface area contributed by atoms with Gasteiger partial charge in [0, 0.05) is 12.8 Å². The minimum atomic E-state index is -0.709. The first kappa shape index (κ1) is 13.4. The van der Waals surface area contributed by atoms with Crippen molar-refractivity contribution < 1.29 is 9.84 Å². The molecule has 3 nitrogen and oxygen atoms in total. The van der Waals surface area contributed by atoms with E-state index in [0.717, 1.165) is 36.9 Å². The quantitative estimate of drug-likeness (QED) is 0.806. The molecule has 0 saturated carbocycles. The van der Waals surface area contributed by atoms with Gasteiger partial charge in [0.25, 0.3) is 0 Å². The molecule has 1 atom stereocenters. The van der Waals surface area contributed by atoms with Gasteiger partial charge in [-0.25, -0.2) is 0 Å². The van der Waals surface area contributed by atoms with Gasteiger partial charge in [0.2, 0.25) is 0 Å². The van der Waals surface area contributed by atoms with Gasteiger partial charge >= 0.3 is 0 Å². The second-order valence-electron chi connectivity index (χ2n) is 5.91. The van der Waals surface area contributed by atoms with Crippen molar-refractivity contribution in [2.24, 2.45) is 0 Å². The summed E-state index contributed by atoms with van der Waals surface area (Å²) >= 11 is 0. The molecule has 0 fully saturated rings. The van der Waals surface area contributed by atoms with Gasteiger partial charge in [-0.15, -0.1) is 0 Å². The second kappa shape index (κ2) is 4.56. The number of nitrogen functional groups attached to an aromatic ring is 1. The minimum Gasteiger partial charge on any atom is -0.399 e. The van der Waals surface area contributed by atoms with Gasteiger partial charge in [-0.2, -0.15) is 0 Å². The Kier molecular flexibility index (Phi) is 3.39. The number of aryl methyl sites for hydroxylation is 1. The summed E-state index contributed by atoms with van der Waals surface area (Å²) in [7, 11) is 1.72. The Bertz CT molecular complexity index is 442. The van der Waals surface area contributed by atoms with Crippen LogP contribution >= 0.6 is 0 Å². The summed E-state index contributed by atoms with van der Waals surface area (Å²) in [5.74, 6) is 0. The van der Waals surface area contributed by atoms with E-state index in [0.29, 0.717) is 0 Å². The van der Waals surface area contributed by atoms with E-state index in [1.165, 1.54) is 5.56 Å². The molecule has 0 radical (unpaired) electrons. The van der Waals surface area contributed by atoms with Crippen molar-refractivity contribution in [2.75, 3.05) is 12.8 Å². The molecule has 2 rings (SSSR count). The van der Waals surface area contributed by atoms with E-state index in [-0.39, 0.29) is 5.60 Å². The van der Waals surface area contributed by atoms with E-state index in [9.17, 15) is 5.11 Å². The van der Waals surface area contributed by atoms with Crippen LogP contribution in [0.2, 0.25) is 0 Å². The molecule has 0 heterocycles. The Balaban J connectivity index is 2.15. The fourth-order valence-corrected chi connectivity index (χ4v) is 2.62. The Hall–Kier alpha value is -1.06. The topological polar surface area (TPSA) is 55.5 Å². The maximum absolute atomic E-state index is 10.8. The Morgan fingerprint density at radius 2 is 2.17 bits per heavy atom. The normalized spacial score (nSPS) is 23.1. The predicted molar refractivity (Wildman–Crippen MR) is 73.4 cm³/mol. The van der Waals surface area contributed by atoms with Crippen molar-refractivity contribution in [3.8, 4) is 0 Å². The van der Waals surface area contributed by atoms with Gasteiger partial charge in [0.15, 0.2) is 0 Å². The van der Waals surface area contributed by atoms with Crippen molar-refractivity contribution >= 4 is 5.69 Å². The number of aliphatic hydroxyl groups is 1. The lowest BCUT2D eigenvalue weighted by atomic mass is 9.87. The molecule has 1 aliphatic carbocycles. The number of methoxy groups -OCH3 is 1. The maximum Gasteiger partial charge on any atom is 0.0903 e. The molecule has 0 aromatic heterocycles. The standard InChI is InChI=1S/C15H23NO2/c1-14(2,18-3)8-9-15(17)7-6-11-10-12(16)4-5-13(11)15/h4-5,10,17H,6-9,16H2,1-3H3. The largest absolute Gasteiger partial charge is 0.399 e. The highest BCUT2D eigenvalue weighted by molar-refractivity contribution is 5.48. The summed E-state index contributed by atoms with van der Waals surface area (Å²) in [6, 6.07) is 5.82. The SMILES string of the molecule is COC(C)(C)CCC1(O)CCc2cc(N)ccc21. The zero-order valence-corrected chi connectivity index (χ0v) is 11.5. The van der Waals surface area contributed by atoms with Gasteiger partial charge in [0.1, 0.15) is 0 Å². The van der Waals surface area contributed by atoms with Crippen molar-refractivity contribution in [2.45, 2.75) is 50.7 Å². The van der Waals surface area contributed by atoms with Crippen LogP contribution in [0.25, 0.3) is 0 Å². The highest BCUT2D eigenvalue weighted by Gasteiger charge is 2.37. The monoisotopic (exact) mass is 249 g/mol. The highest BCUT2D eigenvalue weighted by atomic mass is 16.5. The van der Waals surface area contributed by atoms with Crippen LogP contribution in [0.5, 0.6) is 0 Å². The fourth-order valence-electron chi connectivity index (χ4n) is 2.62. The number of hydrogen-bond donors (Lipinski definition) is 2. The maximum atomic E-state index is 10.8. The average Bonchev–Trinajstić information content (AvgIpc) is 2.65. The third-order valence-electron chi connectivity index (χ3n) is 4.13. The van der Waals surface area contributed by atoms with Crippen LogP contribution < -0.4 is 5.73 Å². The highest BCUT2D eigenvalue weighted by Crippen LogP contribution is 2.42. The van der Waals surface area contributed by atoms with Crippen LogP contribution in [0, 0.1) is 0 Å². The molecule has 0 aliphatic heterocycles. The average molecular weight is 249 g/mol. The summed E-state index contributed by atoms with van der Waals surface area (Å²) < 4.78 is 5.42. The van der Waals surface area contributed by atoms with E-state index >= 15 is 0 Å². The summed E-state index contributed by atoms with van der Waals surface area (Å²) in [6.45, 7) is 4.10. The third-order valence-corrected chi connectivity index (χ3v) is 4.13. The molecular formula is C15H23NO2.